The number of esters is 1. The fourth-order valence-corrected chi connectivity index (χ4v) is 2.62. The molecule has 0 aliphatic carbocycles. The number of benzene rings is 1. The average molecular weight is 353 g/mol. The first kappa shape index (κ1) is 17.6. The van der Waals surface area contributed by atoms with Gasteiger partial charge in [-0.1, -0.05) is 17.3 Å². The van der Waals surface area contributed by atoms with E-state index in [0.29, 0.717) is 22.5 Å². The number of aryl methyl sites for hydroxylation is 3. The summed E-state index contributed by atoms with van der Waals surface area (Å²) in [7, 11) is 0. The quantitative estimate of drug-likeness (QED) is 0.723. The largest absolute Gasteiger partial charge is 0.449 e. The standard InChI is InChI=1S/C19H19N3O4/c1-10-6-5-7-14(8-10)21-17(23)13(4)25-19(24)15-9-11(2)20-18-16(15)12(3)22-26-18/h5-9,13H,1-4H3,(H,21,23)/t13-/m0/s1. The Labute approximate surface area is 150 Å². The first-order valence-electron chi connectivity index (χ1n) is 8.17. The second-order valence-corrected chi connectivity index (χ2v) is 6.17. The minimum atomic E-state index is -0.966. The van der Waals surface area contributed by atoms with Gasteiger partial charge in [-0.2, -0.15) is 0 Å². The van der Waals surface area contributed by atoms with Crippen molar-refractivity contribution in [2.45, 2.75) is 33.8 Å². The Kier molecular flexibility index (Phi) is 4.71. The fourth-order valence-electron chi connectivity index (χ4n) is 2.62. The van der Waals surface area contributed by atoms with Gasteiger partial charge in [-0.15, -0.1) is 0 Å². The third-order valence-electron chi connectivity index (χ3n) is 3.90. The Hall–Kier alpha value is -3.22. The zero-order valence-electron chi connectivity index (χ0n) is 15.0. The summed E-state index contributed by atoms with van der Waals surface area (Å²) in [5, 5.41) is 7.06. The highest BCUT2D eigenvalue weighted by molar-refractivity contribution is 6.04. The summed E-state index contributed by atoms with van der Waals surface area (Å²) in [4.78, 5) is 29.1. The van der Waals surface area contributed by atoms with Crippen LogP contribution in [0.3, 0.4) is 0 Å². The van der Waals surface area contributed by atoms with E-state index < -0.39 is 18.0 Å². The van der Waals surface area contributed by atoms with Crippen LogP contribution >= 0.6 is 0 Å². The first-order chi connectivity index (χ1) is 12.3. The summed E-state index contributed by atoms with van der Waals surface area (Å²) in [6.07, 6.45) is -0.966. The Balaban J connectivity index is 1.77. The highest BCUT2D eigenvalue weighted by atomic mass is 16.5. The molecule has 0 aliphatic heterocycles. The van der Waals surface area contributed by atoms with Gasteiger partial charge in [-0.05, 0) is 51.5 Å². The predicted octanol–water partition coefficient (Wildman–Crippen LogP) is 3.33. The number of carbonyl (C=O) groups is 2. The van der Waals surface area contributed by atoms with E-state index in [1.54, 1.807) is 26.0 Å². The molecule has 2 heterocycles. The first-order valence-corrected chi connectivity index (χ1v) is 8.17. The molecule has 0 spiro atoms. The van der Waals surface area contributed by atoms with E-state index in [1.165, 1.54) is 6.92 Å². The molecule has 1 aromatic carbocycles. The molecule has 3 rings (SSSR count). The lowest BCUT2D eigenvalue weighted by Gasteiger charge is -2.14. The van der Waals surface area contributed by atoms with Crippen LogP contribution in [0.25, 0.3) is 11.1 Å². The van der Waals surface area contributed by atoms with E-state index in [4.69, 9.17) is 9.26 Å². The van der Waals surface area contributed by atoms with Crippen LogP contribution in [0.2, 0.25) is 0 Å². The van der Waals surface area contributed by atoms with E-state index in [9.17, 15) is 9.59 Å². The highest BCUT2D eigenvalue weighted by Crippen LogP contribution is 2.23. The van der Waals surface area contributed by atoms with E-state index >= 15 is 0 Å². The predicted molar refractivity (Wildman–Crippen MR) is 96.0 cm³/mol. The number of nitrogens with zero attached hydrogens (tertiary/aromatic N) is 2. The summed E-state index contributed by atoms with van der Waals surface area (Å²) in [5.74, 6) is -1.04. The maximum atomic E-state index is 12.6. The Morgan fingerprint density at radius 3 is 2.69 bits per heavy atom. The molecule has 0 unspecified atom stereocenters. The zero-order valence-corrected chi connectivity index (χ0v) is 15.0. The van der Waals surface area contributed by atoms with Crippen LogP contribution in [0.15, 0.2) is 34.9 Å². The van der Waals surface area contributed by atoms with E-state index in [0.717, 1.165) is 5.56 Å². The number of hydrogen-bond acceptors (Lipinski definition) is 6. The molecule has 7 heteroatoms. The summed E-state index contributed by atoms with van der Waals surface area (Å²) in [6, 6.07) is 8.97. The third kappa shape index (κ3) is 3.56. The van der Waals surface area contributed by atoms with Crippen molar-refractivity contribution < 1.29 is 18.8 Å². The lowest BCUT2D eigenvalue weighted by Crippen LogP contribution is -2.30. The van der Waals surface area contributed by atoms with Gasteiger partial charge in [0.25, 0.3) is 11.6 Å². The molecule has 3 aromatic rings. The number of fused-ring (bicyclic) bond motifs is 1. The number of pyridine rings is 1. The number of hydrogen-bond donors (Lipinski definition) is 1. The van der Waals surface area contributed by atoms with Gasteiger partial charge in [0.05, 0.1) is 16.6 Å². The number of carbonyl (C=O) groups excluding carboxylic acids is 2. The summed E-state index contributed by atoms with van der Waals surface area (Å²) in [6.45, 7) is 6.90. The molecule has 2 aromatic heterocycles. The molecule has 26 heavy (non-hydrogen) atoms. The van der Waals surface area contributed by atoms with Gasteiger partial charge in [0.1, 0.15) is 0 Å². The topological polar surface area (TPSA) is 94.3 Å². The van der Waals surface area contributed by atoms with Crippen molar-refractivity contribution in [1.29, 1.82) is 0 Å². The second kappa shape index (κ2) is 6.95. The smallest absolute Gasteiger partial charge is 0.339 e. The van der Waals surface area contributed by atoms with Gasteiger partial charge < -0.3 is 14.6 Å². The summed E-state index contributed by atoms with van der Waals surface area (Å²) < 4.78 is 10.5. The van der Waals surface area contributed by atoms with Crippen molar-refractivity contribution in [3.63, 3.8) is 0 Å². The van der Waals surface area contributed by atoms with Crippen LogP contribution in [0.4, 0.5) is 5.69 Å². The van der Waals surface area contributed by atoms with Crippen molar-refractivity contribution in [2.24, 2.45) is 0 Å². The number of rotatable bonds is 4. The normalized spacial score (nSPS) is 12.0. The van der Waals surface area contributed by atoms with Crippen molar-refractivity contribution >= 4 is 28.7 Å². The molecule has 0 saturated heterocycles. The number of amides is 1. The highest BCUT2D eigenvalue weighted by Gasteiger charge is 2.23. The van der Waals surface area contributed by atoms with Crippen molar-refractivity contribution in [3.8, 4) is 0 Å². The van der Waals surface area contributed by atoms with Gasteiger partial charge >= 0.3 is 5.97 Å². The monoisotopic (exact) mass is 353 g/mol. The van der Waals surface area contributed by atoms with Crippen LogP contribution in [0.5, 0.6) is 0 Å². The molecule has 0 fully saturated rings. The Morgan fingerprint density at radius 1 is 1.19 bits per heavy atom. The molecule has 0 saturated carbocycles. The summed E-state index contributed by atoms with van der Waals surface area (Å²) in [5.41, 5.74) is 3.35. The minimum Gasteiger partial charge on any atom is -0.449 e. The molecule has 134 valence electrons. The molecular weight excluding hydrogens is 334 g/mol. The third-order valence-corrected chi connectivity index (χ3v) is 3.90. The van der Waals surface area contributed by atoms with Gasteiger partial charge in [-0.3, -0.25) is 4.79 Å². The number of aromatic nitrogens is 2. The van der Waals surface area contributed by atoms with E-state index in [2.05, 4.69) is 15.5 Å². The second-order valence-electron chi connectivity index (χ2n) is 6.17. The molecule has 7 nitrogen and oxygen atoms in total. The molecule has 1 amide bonds. The maximum absolute atomic E-state index is 12.6. The van der Waals surface area contributed by atoms with Gasteiger partial charge in [0.2, 0.25) is 0 Å². The maximum Gasteiger partial charge on any atom is 0.339 e. The Morgan fingerprint density at radius 2 is 1.96 bits per heavy atom. The van der Waals surface area contributed by atoms with Crippen molar-refractivity contribution in [2.75, 3.05) is 5.32 Å². The lowest BCUT2D eigenvalue weighted by atomic mass is 10.1. The Bertz CT molecular complexity index is 994. The lowest BCUT2D eigenvalue weighted by molar-refractivity contribution is -0.123. The van der Waals surface area contributed by atoms with Gasteiger partial charge in [0.15, 0.2) is 6.10 Å². The summed E-state index contributed by atoms with van der Waals surface area (Å²) >= 11 is 0. The molecule has 0 radical (unpaired) electrons. The van der Waals surface area contributed by atoms with Gasteiger partial charge in [0, 0.05) is 11.4 Å². The van der Waals surface area contributed by atoms with Crippen LogP contribution in [-0.2, 0) is 9.53 Å². The van der Waals surface area contributed by atoms with Crippen LogP contribution in [0.1, 0.15) is 34.2 Å². The van der Waals surface area contributed by atoms with Crippen LogP contribution in [0, 0.1) is 20.8 Å². The van der Waals surface area contributed by atoms with Crippen molar-refractivity contribution in [3.05, 3.63) is 52.8 Å². The van der Waals surface area contributed by atoms with Gasteiger partial charge in [-0.25, -0.2) is 9.78 Å². The number of anilines is 1. The van der Waals surface area contributed by atoms with E-state index in [1.807, 2.05) is 25.1 Å². The van der Waals surface area contributed by atoms with Crippen LogP contribution in [-0.4, -0.2) is 28.1 Å². The SMILES string of the molecule is Cc1cccc(NC(=O)[C@H](C)OC(=O)c2cc(C)nc3onc(C)c23)c1. The minimum absolute atomic E-state index is 0.270. The average Bonchev–Trinajstić information content (AvgIpc) is 2.94. The van der Waals surface area contributed by atoms with Crippen LogP contribution < -0.4 is 5.32 Å². The molecule has 1 atom stereocenters. The fraction of sp³-hybridized carbons (Fsp3) is 0.263. The molecule has 0 aliphatic rings. The van der Waals surface area contributed by atoms with E-state index in [-0.39, 0.29) is 11.3 Å². The molecule has 1 N–H and O–H groups in total. The van der Waals surface area contributed by atoms with Crippen molar-refractivity contribution in [1.82, 2.24) is 10.1 Å². The number of nitrogens with one attached hydrogen (secondary N) is 1. The molecular formula is C19H19N3O4. The number of ether oxygens (including phenoxy) is 1. The molecule has 0 bridgehead atoms. The zero-order chi connectivity index (χ0) is 18.8.